The third kappa shape index (κ3) is 1.29. The van der Waals surface area contributed by atoms with E-state index in [1.165, 1.54) is 0 Å². The van der Waals surface area contributed by atoms with Crippen LogP contribution in [0, 0.1) is 0 Å². The Morgan fingerprint density at radius 2 is 1.87 bits per heavy atom. The van der Waals surface area contributed by atoms with E-state index >= 15 is 0 Å². The second-order valence-electron chi connectivity index (χ2n) is 3.30. The largest absolute Gasteiger partial charge is 0.256 e. The Labute approximate surface area is 87.0 Å². The van der Waals surface area contributed by atoms with Gasteiger partial charge in [0.1, 0.15) is 0 Å². The first-order valence-electron chi connectivity index (χ1n) is 4.79. The molecule has 0 atom stereocenters. The smallest absolute Gasteiger partial charge is 0.0754 e. The fourth-order valence-electron chi connectivity index (χ4n) is 1.69. The quantitative estimate of drug-likeness (QED) is 0.597. The van der Waals surface area contributed by atoms with Gasteiger partial charge in [0.25, 0.3) is 0 Å². The van der Waals surface area contributed by atoms with Crippen molar-refractivity contribution in [2.45, 2.75) is 0 Å². The van der Waals surface area contributed by atoms with Crippen LogP contribution in [0.15, 0.2) is 55.0 Å². The minimum Gasteiger partial charge on any atom is -0.256 e. The van der Waals surface area contributed by atoms with Gasteiger partial charge in [-0.1, -0.05) is 18.2 Å². The van der Waals surface area contributed by atoms with Crippen LogP contribution >= 0.6 is 0 Å². The number of hydrogen-bond donors (Lipinski definition) is 0. The molecular weight excluding hydrogens is 186 g/mol. The normalized spacial score (nSPS) is 10.7. The zero-order chi connectivity index (χ0) is 10.1. The first-order valence-corrected chi connectivity index (χ1v) is 4.79. The van der Waals surface area contributed by atoms with E-state index in [1.807, 2.05) is 41.2 Å². The molecule has 0 radical (unpaired) electrons. The molecule has 0 amide bonds. The zero-order valence-electron chi connectivity index (χ0n) is 8.04. The molecule has 0 unspecified atom stereocenters. The van der Waals surface area contributed by atoms with Gasteiger partial charge in [0, 0.05) is 24.0 Å². The van der Waals surface area contributed by atoms with E-state index in [9.17, 15) is 0 Å². The van der Waals surface area contributed by atoms with Crippen LogP contribution in [0.1, 0.15) is 0 Å². The fraction of sp³-hybridized carbons (Fsp3) is 0. The Morgan fingerprint density at radius 1 is 0.933 bits per heavy atom. The first-order chi connectivity index (χ1) is 7.45. The van der Waals surface area contributed by atoms with E-state index in [1.54, 1.807) is 12.4 Å². The van der Waals surface area contributed by atoms with Crippen molar-refractivity contribution in [2.75, 3.05) is 0 Å². The summed E-state index contributed by atoms with van der Waals surface area (Å²) >= 11 is 0. The fourth-order valence-corrected chi connectivity index (χ4v) is 1.69. The Hall–Kier alpha value is -2.16. The minimum atomic E-state index is 0.991. The molecule has 2 heterocycles. The zero-order valence-corrected chi connectivity index (χ0v) is 8.04. The number of nitrogens with zero attached hydrogens (tertiary/aromatic N) is 3. The van der Waals surface area contributed by atoms with Crippen LogP contribution in [0.5, 0.6) is 0 Å². The number of pyridine rings is 1. The molecule has 0 saturated carbocycles. The summed E-state index contributed by atoms with van der Waals surface area (Å²) in [6.45, 7) is 0. The number of benzene rings is 1. The molecule has 0 aliphatic carbocycles. The van der Waals surface area contributed by atoms with Crippen molar-refractivity contribution in [1.29, 1.82) is 0 Å². The monoisotopic (exact) mass is 195 g/mol. The van der Waals surface area contributed by atoms with Crippen LogP contribution in [0.2, 0.25) is 0 Å². The maximum absolute atomic E-state index is 4.31. The van der Waals surface area contributed by atoms with Crippen molar-refractivity contribution in [3.8, 4) is 5.69 Å². The van der Waals surface area contributed by atoms with Gasteiger partial charge in [0.05, 0.1) is 11.2 Å². The predicted octanol–water partition coefficient (Wildman–Crippen LogP) is 2.42. The summed E-state index contributed by atoms with van der Waals surface area (Å²) in [5.41, 5.74) is 2.05. The number of hydrogen-bond acceptors (Lipinski definition) is 2. The van der Waals surface area contributed by atoms with Crippen LogP contribution in [0.4, 0.5) is 0 Å². The van der Waals surface area contributed by atoms with Crippen LogP contribution in [0.3, 0.4) is 0 Å². The van der Waals surface area contributed by atoms with E-state index in [0.29, 0.717) is 0 Å². The first kappa shape index (κ1) is 8.17. The molecule has 15 heavy (non-hydrogen) atoms. The highest BCUT2D eigenvalue weighted by Gasteiger charge is 2.02. The van der Waals surface area contributed by atoms with E-state index < -0.39 is 0 Å². The maximum atomic E-state index is 4.31. The van der Waals surface area contributed by atoms with Crippen molar-refractivity contribution in [2.24, 2.45) is 0 Å². The Morgan fingerprint density at radius 3 is 2.73 bits per heavy atom. The highest BCUT2D eigenvalue weighted by atomic mass is 15.3. The number of rotatable bonds is 1. The lowest BCUT2D eigenvalue weighted by Gasteiger charge is -2.04. The second kappa shape index (κ2) is 3.20. The molecule has 0 N–H and O–H groups in total. The minimum absolute atomic E-state index is 0.991. The summed E-state index contributed by atoms with van der Waals surface area (Å²) in [5, 5.41) is 5.34. The molecule has 0 fully saturated rings. The van der Waals surface area contributed by atoms with Crippen molar-refractivity contribution in [3.63, 3.8) is 0 Å². The molecule has 0 saturated heterocycles. The second-order valence-corrected chi connectivity index (χ2v) is 3.30. The molecule has 0 aliphatic rings. The lowest BCUT2D eigenvalue weighted by atomic mass is 10.2. The van der Waals surface area contributed by atoms with Crippen molar-refractivity contribution < 1.29 is 0 Å². The van der Waals surface area contributed by atoms with E-state index in [2.05, 4.69) is 16.1 Å². The van der Waals surface area contributed by atoms with E-state index in [-0.39, 0.29) is 0 Å². The van der Waals surface area contributed by atoms with E-state index in [4.69, 9.17) is 0 Å². The standard InChI is InChI=1S/C12H9N3/c1-2-5-11-10(4-1)12(6-8-13-11)15-9-3-7-14-15/h1-9H. The maximum Gasteiger partial charge on any atom is 0.0754 e. The van der Waals surface area contributed by atoms with Crippen molar-refractivity contribution in [3.05, 3.63) is 55.0 Å². The summed E-state index contributed by atoms with van der Waals surface area (Å²) in [6, 6.07) is 11.9. The van der Waals surface area contributed by atoms with E-state index in [0.717, 1.165) is 16.6 Å². The number of fused-ring (bicyclic) bond motifs is 1. The van der Waals surface area contributed by atoms with Gasteiger partial charge in [-0.2, -0.15) is 5.10 Å². The summed E-state index contributed by atoms with van der Waals surface area (Å²) in [4.78, 5) is 4.31. The molecular formula is C12H9N3. The average Bonchev–Trinajstić information content (AvgIpc) is 2.82. The summed E-state index contributed by atoms with van der Waals surface area (Å²) in [6.07, 6.45) is 5.51. The number of para-hydroxylation sites is 1. The summed E-state index contributed by atoms with van der Waals surface area (Å²) in [5.74, 6) is 0. The molecule has 72 valence electrons. The lowest BCUT2D eigenvalue weighted by molar-refractivity contribution is 0.886. The van der Waals surface area contributed by atoms with Gasteiger partial charge in [0.2, 0.25) is 0 Å². The summed E-state index contributed by atoms with van der Waals surface area (Å²) < 4.78 is 1.85. The Bertz CT molecular complexity index is 579. The van der Waals surface area contributed by atoms with Gasteiger partial charge in [-0.25, -0.2) is 4.68 Å². The van der Waals surface area contributed by atoms with Crippen molar-refractivity contribution in [1.82, 2.24) is 14.8 Å². The van der Waals surface area contributed by atoms with Crippen LogP contribution in [-0.4, -0.2) is 14.8 Å². The average molecular weight is 195 g/mol. The molecule has 3 aromatic rings. The lowest BCUT2D eigenvalue weighted by Crippen LogP contribution is -1.95. The molecule has 2 aromatic heterocycles. The van der Waals surface area contributed by atoms with Crippen LogP contribution < -0.4 is 0 Å². The van der Waals surface area contributed by atoms with Crippen molar-refractivity contribution >= 4 is 10.9 Å². The van der Waals surface area contributed by atoms with Gasteiger partial charge in [0.15, 0.2) is 0 Å². The molecule has 0 bridgehead atoms. The highest BCUT2D eigenvalue weighted by Crippen LogP contribution is 2.18. The molecule has 0 spiro atoms. The predicted molar refractivity (Wildman–Crippen MR) is 58.9 cm³/mol. The summed E-state index contributed by atoms with van der Waals surface area (Å²) in [7, 11) is 0. The van der Waals surface area contributed by atoms with Crippen LogP contribution in [-0.2, 0) is 0 Å². The Balaban J connectivity index is 2.36. The topological polar surface area (TPSA) is 30.7 Å². The number of aromatic nitrogens is 3. The van der Waals surface area contributed by atoms with Gasteiger partial charge in [-0.15, -0.1) is 0 Å². The highest BCUT2D eigenvalue weighted by molar-refractivity contribution is 5.86. The third-order valence-corrected chi connectivity index (χ3v) is 2.38. The molecule has 3 rings (SSSR count). The van der Waals surface area contributed by atoms with Gasteiger partial charge in [-0.05, 0) is 18.2 Å². The van der Waals surface area contributed by atoms with Crippen LogP contribution in [0.25, 0.3) is 16.6 Å². The molecule has 0 aliphatic heterocycles. The SMILES string of the molecule is c1ccc2c(-n3cccn3)ccnc2c1. The third-order valence-electron chi connectivity index (χ3n) is 2.38. The Kier molecular flexibility index (Phi) is 1.75. The van der Waals surface area contributed by atoms with Gasteiger partial charge < -0.3 is 0 Å². The molecule has 3 nitrogen and oxygen atoms in total. The van der Waals surface area contributed by atoms with Gasteiger partial charge in [-0.3, -0.25) is 4.98 Å². The van der Waals surface area contributed by atoms with Gasteiger partial charge >= 0.3 is 0 Å². The molecule has 3 heteroatoms. The molecule has 1 aromatic carbocycles.